The maximum absolute atomic E-state index is 12.0. The molecule has 0 aliphatic carbocycles. The van der Waals surface area contributed by atoms with Gasteiger partial charge in [0, 0.05) is 24.7 Å². The van der Waals surface area contributed by atoms with Crippen LogP contribution < -0.4 is 5.32 Å². The predicted molar refractivity (Wildman–Crippen MR) is 93.3 cm³/mol. The Morgan fingerprint density at radius 3 is 2.26 bits per heavy atom. The van der Waals surface area contributed by atoms with Gasteiger partial charge in [-0.2, -0.15) is 0 Å². The van der Waals surface area contributed by atoms with Crippen molar-refractivity contribution in [2.45, 2.75) is 77.7 Å². The van der Waals surface area contributed by atoms with Gasteiger partial charge in [0.2, 0.25) is 0 Å². The standard InChI is InChI=1S/C19H30N2O2/c1-14-11-17(20-18(22)23-19(3,4)5)12-15(2)21(14)13-16-9-7-6-8-10-16/h6-10,14-15,17H,11-13H2,1-5H3,(H,20,22)/t14-,15+,17?. The van der Waals surface area contributed by atoms with Crippen molar-refractivity contribution in [2.75, 3.05) is 0 Å². The fraction of sp³-hybridized carbons (Fsp3) is 0.632. The summed E-state index contributed by atoms with van der Waals surface area (Å²) in [5.74, 6) is 0. The lowest BCUT2D eigenvalue weighted by Gasteiger charge is -2.43. The summed E-state index contributed by atoms with van der Waals surface area (Å²) in [5.41, 5.74) is 0.889. The fourth-order valence-corrected chi connectivity index (χ4v) is 3.32. The molecule has 4 heteroatoms. The summed E-state index contributed by atoms with van der Waals surface area (Å²) < 4.78 is 5.37. The largest absolute Gasteiger partial charge is 0.444 e. The molecule has 0 bridgehead atoms. The molecular weight excluding hydrogens is 288 g/mol. The number of nitrogens with zero attached hydrogens (tertiary/aromatic N) is 1. The van der Waals surface area contributed by atoms with Crippen LogP contribution in [0.15, 0.2) is 30.3 Å². The third-order valence-corrected chi connectivity index (χ3v) is 4.31. The van der Waals surface area contributed by atoms with Crippen LogP contribution in [-0.4, -0.2) is 34.7 Å². The summed E-state index contributed by atoms with van der Waals surface area (Å²) >= 11 is 0. The van der Waals surface area contributed by atoms with E-state index >= 15 is 0 Å². The van der Waals surface area contributed by atoms with Crippen molar-refractivity contribution in [2.24, 2.45) is 0 Å². The minimum Gasteiger partial charge on any atom is -0.444 e. The van der Waals surface area contributed by atoms with Gasteiger partial charge in [0.25, 0.3) is 0 Å². The average Bonchev–Trinajstić information content (AvgIpc) is 2.42. The highest BCUT2D eigenvalue weighted by Crippen LogP contribution is 2.25. The Balaban J connectivity index is 1.90. The van der Waals surface area contributed by atoms with Crippen LogP contribution in [0, 0.1) is 0 Å². The van der Waals surface area contributed by atoms with Crippen molar-refractivity contribution in [1.29, 1.82) is 0 Å². The van der Waals surface area contributed by atoms with Crippen LogP contribution in [0.25, 0.3) is 0 Å². The number of nitrogens with one attached hydrogen (secondary N) is 1. The second-order valence-electron chi connectivity index (χ2n) is 7.67. The van der Waals surface area contributed by atoms with Crippen LogP contribution >= 0.6 is 0 Å². The molecule has 0 saturated carbocycles. The molecule has 1 aliphatic heterocycles. The number of benzene rings is 1. The van der Waals surface area contributed by atoms with E-state index in [2.05, 4.69) is 48.3 Å². The number of rotatable bonds is 3. The quantitative estimate of drug-likeness (QED) is 0.917. The van der Waals surface area contributed by atoms with Crippen LogP contribution in [0.3, 0.4) is 0 Å². The first-order valence-electron chi connectivity index (χ1n) is 8.54. The van der Waals surface area contributed by atoms with Gasteiger partial charge in [-0.3, -0.25) is 4.90 Å². The molecule has 0 radical (unpaired) electrons. The highest BCUT2D eigenvalue weighted by molar-refractivity contribution is 5.68. The van der Waals surface area contributed by atoms with Crippen LogP contribution in [0.4, 0.5) is 4.79 Å². The number of amides is 1. The second-order valence-corrected chi connectivity index (χ2v) is 7.67. The number of carbonyl (C=O) groups excluding carboxylic acids is 1. The summed E-state index contributed by atoms with van der Waals surface area (Å²) in [4.78, 5) is 14.5. The SMILES string of the molecule is C[C@@H]1CC(NC(=O)OC(C)(C)C)C[C@H](C)N1Cc1ccccc1. The van der Waals surface area contributed by atoms with E-state index in [-0.39, 0.29) is 12.1 Å². The molecule has 0 spiro atoms. The first-order chi connectivity index (χ1) is 10.7. The van der Waals surface area contributed by atoms with Crippen molar-refractivity contribution in [1.82, 2.24) is 10.2 Å². The summed E-state index contributed by atoms with van der Waals surface area (Å²) in [6, 6.07) is 11.6. The zero-order valence-corrected chi connectivity index (χ0v) is 15.0. The minimum atomic E-state index is -0.449. The monoisotopic (exact) mass is 318 g/mol. The van der Waals surface area contributed by atoms with Crippen LogP contribution in [-0.2, 0) is 11.3 Å². The van der Waals surface area contributed by atoms with E-state index in [1.807, 2.05) is 26.8 Å². The van der Waals surface area contributed by atoms with E-state index in [0.717, 1.165) is 19.4 Å². The molecule has 1 aliphatic rings. The lowest BCUT2D eigenvalue weighted by molar-refractivity contribution is 0.0385. The molecule has 3 atom stereocenters. The number of hydrogen-bond acceptors (Lipinski definition) is 3. The number of carbonyl (C=O) groups is 1. The van der Waals surface area contributed by atoms with E-state index in [1.165, 1.54) is 5.56 Å². The smallest absolute Gasteiger partial charge is 0.407 e. The van der Waals surface area contributed by atoms with Gasteiger partial charge in [-0.1, -0.05) is 30.3 Å². The summed E-state index contributed by atoms with van der Waals surface area (Å²) in [6.45, 7) is 11.1. The van der Waals surface area contributed by atoms with E-state index < -0.39 is 5.60 Å². The van der Waals surface area contributed by atoms with E-state index in [4.69, 9.17) is 4.74 Å². The Kier molecular flexibility index (Phi) is 5.69. The van der Waals surface area contributed by atoms with Crippen LogP contribution in [0.2, 0.25) is 0 Å². The van der Waals surface area contributed by atoms with E-state index in [0.29, 0.717) is 12.1 Å². The molecule has 1 heterocycles. The average molecular weight is 318 g/mol. The Morgan fingerprint density at radius 2 is 1.74 bits per heavy atom. The van der Waals surface area contributed by atoms with Gasteiger partial charge < -0.3 is 10.1 Å². The molecule has 1 amide bonds. The molecule has 1 aromatic carbocycles. The molecule has 1 fully saturated rings. The lowest BCUT2D eigenvalue weighted by Crippen LogP contribution is -2.53. The van der Waals surface area contributed by atoms with Crippen LogP contribution in [0.5, 0.6) is 0 Å². The number of likely N-dealkylation sites (tertiary alicyclic amines) is 1. The maximum Gasteiger partial charge on any atom is 0.407 e. The first kappa shape index (κ1) is 17.8. The topological polar surface area (TPSA) is 41.6 Å². The molecule has 1 N–H and O–H groups in total. The zero-order valence-electron chi connectivity index (χ0n) is 15.0. The third-order valence-electron chi connectivity index (χ3n) is 4.31. The van der Waals surface area contributed by atoms with E-state index in [1.54, 1.807) is 0 Å². The molecule has 1 unspecified atom stereocenters. The van der Waals surface area contributed by atoms with E-state index in [9.17, 15) is 4.79 Å². The lowest BCUT2D eigenvalue weighted by atomic mass is 9.92. The van der Waals surface area contributed by atoms with Crippen LogP contribution in [0.1, 0.15) is 53.0 Å². The number of ether oxygens (including phenoxy) is 1. The molecule has 128 valence electrons. The molecule has 23 heavy (non-hydrogen) atoms. The summed E-state index contributed by atoms with van der Waals surface area (Å²) in [7, 11) is 0. The molecular formula is C19H30N2O2. The zero-order chi connectivity index (χ0) is 17.0. The normalized spacial score (nSPS) is 25.9. The Labute approximate surface area is 140 Å². The number of alkyl carbamates (subject to hydrolysis) is 1. The van der Waals surface area contributed by atoms with Crippen molar-refractivity contribution >= 4 is 6.09 Å². The molecule has 1 saturated heterocycles. The van der Waals surface area contributed by atoms with Crippen molar-refractivity contribution in [3.8, 4) is 0 Å². The fourth-order valence-electron chi connectivity index (χ4n) is 3.32. The van der Waals surface area contributed by atoms with Gasteiger partial charge in [-0.05, 0) is 53.0 Å². The molecule has 2 rings (SSSR count). The third kappa shape index (κ3) is 5.54. The van der Waals surface area contributed by atoms with Gasteiger partial charge in [-0.25, -0.2) is 4.79 Å². The first-order valence-corrected chi connectivity index (χ1v) is 8.54. The van der Waals surface area contributed by atoms with Crippen molar-refractivity contribution in [3.63, 3.8) is 0 Å². The van der Waals surface area contributed by atoms with Gasteiger partial charge >= 0.3 is 6.09 Å². The van der Waals surface area contributed by atoms with Gasteiger partial charge in [0.05, 0.1) is 0 Å². The molecule has 1 aromatic rings. The Bertz CT molecular complexity index is 498. The number of piperidine rings is 1. The highest BCUT2D eigenvalue weighted by atomic mass is 16.6. The van der Waals surface area contributed by atoms with Gasteiger partial charge in [0.1, 0.15) is 5.60 Å². The van der Waals surface area contributed by atoms with Crippen molar-refractivity contribution in [3.05, 3.63) is 35.9 Å². The Hall–Kier alpha value is -1.55. The maximum atomic E-state index is 12.0. The second kappa shape index (κ2) is 7.35. The molecule has 4 nitrogen and oxygen atoms in total. The predicted octanol–water partition coefficient (Wildman–Crippen LogP) is 3.95. The Morgan fingerprint density at radius 1 is 1.17 bits per heavy atom. The highest BCUT2D eigenvalue weighted by Gasteiger charge is 2.32. The number of hydrogen-bond donors (Lipinski definition) is 1. The van der Waals surface area contributed by atoms with Gasteiger partial charge in [0.15, 0.2) is 0 Å². The summed E-state index contributed by atoms with van der Waals surface area (Å²) in [5, 5.41) is 3.03. The molecule has 0 aromatic heterocycles. The summed E-state index contributed by atoms with van der Waals surface area (Å²) in [6.07, 6.45) is 1.60. The van der Waals surface area contributed by atoms with Crippen molar-refractivity contribution < 1.29 is 9.53 Å². The minimum absolute atomic E-state index is 0.182. The van der Waals surface area contributed by atoms with Gasteiger partial charge in [-0.15, -0.1) is 0 Å².